The Morgan fingerprint density at radius 3 is 2.06 bits per heavy atom. The zero-order chi connectivity index (χ0) is 13.8. The van der Waals surface area contributed by atoms with Gasteiger partial charge in [-0.15, -0.1) is 0 Å². The molecule has 18 heavy (non-hydrogen) atoms. The van der Waals surface area contributed by atoms with Crippen LogP contribution in [0.25, 0.3) is 0 Å². The molecule has 0 aromatic rings. The summed E-state index contributed by atoms with van der Waals surface area (Å²) in [4.78, 5) is 0. The summed E-state index contributed by atoms with van der Waals surface area (Å²) in [6.07, 6.45) is 5.50. The fraction of sp³-hybridized carbons (Fsp3) is 1.00. The molecule has 0 saturated heterocycles. The molecule has 3 N–H and O–H groups in total. The lowest BCUT2D eigenvalue weighted by Gasteiger charge is -2.39. The summed E-state index contributed by atoms with van der Waals surface area (Å²) in [6.45, 7) is 13.5. The van der Waals surface area contributed by atoms with Crippen molar-refractivity contribution in [1.82, 2.24) is 5.32 Å². The van der Waals surface area contributed by atoms with E-state index in [1.807, 2.05) is 0 Å². The molecule has 0 aromatic heterocycles. The predicted octanol–water partition coefficient (Wildman–Crippen LogP) is 3.41. The molecule has 0 heterocycles. The molecule has 1 unspecified atom stereocenters. The fourth-order valence-corrected chi connectivity index (χ4v) is 3.17. The van der Waals surface area contributed by atoms with Gasteiger partial charge in [0.25, 0.3) is 0 Å². The SMILES string of the molecule is CC(C)C(CNC(C)(CN)CC1CCC1)C(C)C. The quantitative estimate of drug-likeness (QED) is 0.696. The molecule has 1 rings (SSSR count). The monoisotopic (exact) mass is 254 g/mol. The Labute approximate surface area is 114 Å². The van der Waals surface area contributed by atoms with Crippen LogP contribution in [0.15, 0.2) is 0 Å². The molecule has 1 atom stereocenters. The van der Waals surface area contributed by atoms with Crippen LogP contribution in [-0.2, 0) is 0 Å². The molecule has 0 spiro atoms. The average Bonchev–Trinajstić information content (AvgIpc) is 2.23. The zero-order valence-electron chi connectivity index (χ0n) is 13.1. The molecule has 0 aromatic carbocycles. The summed E-state index contributed by atoms with van der Waals surface area (Å²) >= 11 is 0. The first-order chi connectivity index (χ1) is 8.38. The van der Waals surface area contributed by atoms with Gasteiger partial charge >= 0.3 is 0 Å². The molecule has 108 valence electrons. The lowest BCUT2D eigenvalue weighted by Crippen LogP contribution is -2.52. The van der Waals surface area contributed by atoms with Crippen molar-refractivity contribution in [3.63, 3.8) is 0 Å². The van der Waals surface area contributed by atoms with Crippen LogP contribution in [0.2, 0.25) is 0 Å². The Hall–Kier alpha value is -0.0800. The largest absolute Gasteiger partial charge is 0.329 e. The van der Waals surface area contributed by atoms with Gasteiger partial charge in [0.05, 0.1) is 0 Å². The lowest BCUT2D eigenvalue weighted by atomic mass is 9.76. The van der Waals surface area contributed by atoms with Crippen molar-refractivity contribution in [2.75, 3.05) is 13.1 Å². The van der Waals surface area contributed by atoms with Crippen molar-refractivity contribution in [3.05, 3.63) is 0 Å². The van der Waals surface area contributed by atoms with Crippen molar-refractivity contribution in [3.8, 4) is 0 Å². The van der Waals surface area contributed by atoms with Gasteiger partial charge in [0.15, 0.2) is 0 Å². The highest BCUT2D eigenvalue weighted by Gasteiger charge is 2.30. The molecular weight excluding hydrogens is 220 g/mol. The summed E-state index contributed by atoms with van der Waals surface area (Å²) in [7, 11) is 0. The van der Waals surface area contributed by atoms with Crippen molar-refractivity contribution < 1.29 is 0 Å². The van der Waals surface area contributed by atoms with E-state index in [2.05, 4.69) is 39.9 Å². The second-order valence-electron chi connectivity index (χ2n) is 7.30. The normalized spacial score (nSPS) is 20.5. The van der Waals surface area contributed by atoms with E-state index >= 15 is 0 Å². The Kier molecular flexibility index (Phi) is 6.13. The number of rotatable bonds is 8. The van der Waals surface area contributed by atoms with Gasteiger partial charge in [-0.3, -0.25) is 0 Å². The highest BCUT2D eigenvalue weighted by molar-refractivity contribution is 4.90. The second kappa shape index (κ2) is 6.91. The maximum Gasteiger partial charge on any atom is 0.0278 e. The van der Waals surface area contributed by atoms with Crippen LogP contribution in [0.4, 0.5) is 0 Å². The van der Waals surface area contributed by atoms with E-state index in [-0.39, 0.29) is 5.54 Å². The molecular formula is C16H34N2. The first kappa shape index (κ1) is 16.0. The molecule has 1 aliphatic carbocycles. The first-order valence-electron chi connectivity index (χ1n) is 7.83. The van der Waals surface area contributed by atoms with Crippen LogP contribution < -0.4 is 11.1 Å². The van der Waals surface area contributed by atoms with Crippen LogP contribution in [0.1, 0.15) is 60.3 Å². The summed E-state index contributed by atoms with van der Waals surface area (Å²) in [5.74, 6) is 3.14. The molecule has 0 aliphatic heterocycles. The molecule has 0 amide bonds. The van der Waals surface area contributed by atoms with E-state index < -0.39 is 0 Å². The minimum atomic E-state index is 0.146. The van der Waals surface area contributed by atoms with E-state index in [9.17, 15) is 0 Å². The third-order valence-corrected chi connectivity index (χ3v) is 4.89. The van der Waals surface area contributed by atoms with E-state index in [1.165, 1.54) is 25.7 Å². The number of hydrogen-bond donors (Lipinski definition) is 2. The van der Waals surface area contributed by atoms with Crippen molar-refractivity contribution in [1.29, 1.82) is 0 Å². The first-order valence-corrected chi connectivity index (χ1v) is 7.83. The van der Waals surface area contributed by atoms with Gasteiger partial charge in [-0.05, 0) is 43.6 Å². The number of nitrogens with one attached hydrogen (secondary N) is 1. The fourth-order valence-electron chi connectivity index (χ4n) is 3.17. The van der Waals surface area contributed by atoms with E-state index in [1.54, 1.807) is 0 Å². The summed E-state index contributed by atoms with van der Waals surface area (Å²) < 4.78 is 0. The van der Waals surface area contributed by atoms with E-state index in [0.29, 0.717) is 0 Å². The van der Waals surface area contributed by atoms with Crippen LogP contribution in [0.5, 0.6) is 0 Å². The van der Waals surface area contributed by atoms with Crippen molar-refractivity contribution in [2.45, 2.75) is 65.8 Å². The third kappa shape index (κ3) is 4.55. The number of hydrogen-bond acceptors (Lipinski definition) is 2. The molecule has 1 saturated carbocycles. The Bertz CT molecular complexity index is 225. The van der Waals surface area contributed by atoms with Gasteiger partial charge in [-0.1, -0.05) is 47.0 Å². The van der Waals surface area contributed by atoms with Crippen LogP contribution >= 0.6 is 0 Å². The smallest absolute Gasteiger partial charge is 0.0278 e. The van der Waals surface area contributed by atoms with Gasteiger partial charge in [0.2, 0.25) is 0 Å². The molecule has 2 nitrogen and oxygen atoms in total. The summed E-state index contributed by atoms with van der Waals surface area (Å²) in [5.41, 5.74) is 6.16. The maximum atomic E-state index is 6.01. The topological polar surface area (TPSA) is 38.0 Å². The highest BCUT2D eigenvalue weighted by atomic mass is 15.0. The summed E-state index contributed by atoms with van der Waals surface area (Å²) in [6, 6.07) is 0. The molecule has 1 fully saturated rings. The van der Waals surface area contributed by atoms with Crippen LogP contribution in [0.3, 0.4) is 0 Å². The minimum Gasteiger partial charge on any atom is -0.329 e. The van der Waals surface area contributed by atoms with Gasteiger partial charge in [-0.2, -0.15) is 0 Å². The van der Waals surface area contributed by atoms with Crippen molar-refractivity contribution >= 4 is 0 Å². The predicted molar refractivity (Wildman–Crippen MR) is 80.6 cm³/mol. The lowest BCUT2D eigenvalue weighted by molar-refractivity contribution is 0.182. The van der Waals surface area contributed by atoms with Crippen LogP contribution in [0, 0.1) is 23.7 Å². The number of nitrogens with two attached hydrogens (primary N) is 1. The average molecular weight is 254 g/mol. The zero-order valence-corrected chi connectivity index (χ0v) is 13.1. The van der Waals surface area contributed by atoms with Gasteiger partial charge in [0, 0.05) is 12.1 Å². The van der Waals surface area contributed by atoms with E-state index in [0.717, 1.165) is 36.8 Å². The van der Waals surface area contributed by atoms with Gasteiger partial charge in [-0.25, -0.2) is 0 Å². The second-order valence-corrected chi connectivity index (χ2v) is 7.30. The minimum absolute atomic E-state index is 0.146. The highest BCUT2D eigenvalue weighted by Crippen LogP contribution is 2.33. The molecule has 0 radical (unpaired) electrons. The van der Waals surface area contributed by atoms with E-state index in [4.69, 9.17) is 5.73 Å². The van der Waals surface area contributed by atoms with Crippen molar-refractivity contribution in [2.24, 2.45) is 29.4 Å². The Balaban J connectivity index is 2.45. The van der Waals surface area contributed by atoms with Gasteiger partial charge in [0.1, 0.15) is 0 Å². The third-order valence-electron chi connectivity index (χ3n) is 4.89. The molecule has 1 aliphatic rings. The summed E-state index contributed by atoms with van der Waals surface area (Å²) in [5, 5.41) is 3.78. The standard InChI is InChI=1S/C16H34N2/c1-12(2)15(13(3)4)10-18-16(5,11-17)9-14-7-6-8-14/h12-15,18H,6-11,17H2,1-5H3. The van der Waals surface area contributed by atoms with Crippen LogP contribution in [-0.4, -0.2) is 18.6 Å². The van der Waals surface area contributed by atoms with Gasteiger partial charge < -0.3 is 11.1 Å². The molecule has 2 heteroatoms. The Morgan fingerprint density at radius 2 is 1.72 bits per heavy atom. The molecule has 0 bridgehead atoms. The Morgan fingerprint density at radius 1 is 1.17 bits per heavy atom. The maximum absolute atomic E-state index is 6.01.